The summed E-state index contributed by atoms with van der Waals surface area (Å²) in [6.45, 7) is 4.11. The van der Waals surface area contributed by atoms with Gasteiger partial charge in [0.2, 0.25) is 0 Å². The SMILES string of the molecule is CCNC(=NCc1cc(N(C)C)nc2ccccc12)NCc1ccnn1C. The molecule has 1 aromatic carbocycles. The summed E-state index contributed by atoms with van der Waals surface area (Å²) < 4.78 is 1.86. The normalized spacial score (nSPS) is 11.6. The van der Waals surface area contributed by atoms with Crippen LogP contribution in [0.3, 0.4) is 0 Å². The number of nitrogens with zero attached hydrogens (tertiary/aromatic N) is 5. The second-order valence-electron chi connectivity index (χ2n) is 6.55. The Bertz CT molecular complexity index is 927. The monoisotopic (exact) mass is 365 g/mol. The van der Waals surface area contributed by atoms with Crippen LogP contribution in [0.1, 0.15) is 18.2 Å². The second kappa shape index (κ2) is 8.53. The molecule has 7 heteroatoms. The van der Waals surface area contributed by atoms with Gasteiger partial charge in [0.25, 0.3) is 0 Å². The van der Waals surface area contributed by atoms with Crippen LogP contribution in [0.5, 0.6) is 0 Å². The van der Waals surface area contributed by atoms with E-state index in [1.165, 1.54) is 0 Å². The predicted molar refractivity (Wildman–Crippen MR) is 111 cm³/mol. The van der Waals surface area contributed by atoms with Crippen molar-refractivity contribution >= 4 is 22.7 Å². The second-order valence-corrected chi connectivity index (χ2v) is 6.55. The summed E-state index contributed by atoms with van der Waals surface area (Å²) in [5.74, 6) is 1.72. The molecule has 3 aromatic rings. The maximum atomic E-state index is 4.78. The van der Waals surface area contributed by atoms with Gasteiger partial charge in [-0.3, -0.25) is 4.68 Å². The van der Waals surface area contributed by atoms with Crippen molar-refractivity contribution in [2.75, 3.05) is 25.5 Å². The Morgan fingerprint density at radius 1 is 1.19 bits per heavy atom. The molecule has 0 bridgehead atoms. The molecule has 142 valence electrons. The van der Waals surface area contributed by atoms with Gasteiger partial charge in [0.1, 0.15) is 5.82 Å². The van der Waals surface area contributed by atoms with Gasteiger partial charge in [-0.25, -0.2) is 9.98 Å². The number of aryl methyl sites for hydroxylation is 1. The number of para-hydroxylation sites is 1. The van der Waals surface area contributed by atoms with E-state index in [0.29, 0.717) is 13.1 Å². The number of hydrogen-bond acceptors (Lipinski definition) is 4. The van der Waals surface area contributed by atoms with E-state index >= 15 is 0 Å². The minimum absolute atomic E-state index is 0.574. The highest BCUT2D eigenvalue weighted by Crippen LogP contribution is 2.22. The van der Waals surface area contributed by atoms with Crippen LogP contribution >= 0.6 is 0 Å². The van der Waals surface area contributed by atoms with Crippen molar-refractivity contribution in [3.63, 3.8) is 0 Å². The molecule has 7 nitrogen and oxygen atoms in total. The van der Waals surface area contributed by atoms with Crippen LogP contribution in [-0.2, 0) is 20.1 Å². The van der Waals surface area contributed by atoms with Crippen molar-refractivity contribution < 1.29 is 0 Å². The Kier molecular flexibility index (Phi) is 5.90. The highest BCUT2D eigenvalue weighted by molar-refractivity contribution is 5.85. The van der Waals surface area contributed by atoms with Gasteiger partial charge in [-0.05, 0) is 30.7 Å². The number of hydrogen-bond donors (Lipinski definition) is 2. The van der Waals surface area contributed by atoms with Gasteiger partial charge in [-0.2, -0.15) is 5.10 Å². The Balaban J connectivity index is 1.83. The molecule has 2 N–H and O–H groups in total. The maximum absolute atomic E-state index is 4.78. The van der Waals surface area contributed by atoms with Gasteiger partial charge < -0.3 is 15.5 Å². The lowest BCUT2D eigenvalue weighted by Crippen LogP contribution is -2.37. The van der Waals surface area contributed by atoms with E-state index in [9.17, 15) is 0 Å². The van der Waals surface area contributed by atoms with Crippen LogP contribution in [0.25, 0.3) is 10.9 Å². The number of benzene rings is 1. The Labute approximate surface area is 160 Å². The van der Waals surface area contributed by atoms with Crippen molar-refractivity contribution in [1.29, 1.82) is 0 Å². The molecule has 0 atom stereocenters. The molecule has 0 saturated carbocycles. The molecule has 0 amide bonds. The average molecular weight is 365 g/mol. The molecule has 0 unspecified atom stereocenters. The highest BCUT2D eigenvalue weighted by atomic mass is 15.3. The van der Waals surface area contributed by atoms with E-state index in [2.05, 4.69) is 34.8 Å². The number of guanidine groups is 1. The van der Waals surface area contributed by atoms with Gasteiger partial charge in [0.15, 0.2) is 5.96 Å². The fourth-order valence-corrected chi connectivity index (χ4v) is 2.85. The molecule has 0 aliphatic rings. The van der Waals surface area contributed by atoms with Gasteiger partial charge >= 0.3 is 0 Å². The van der Waals surface area contributed by atoms with E-state index in [0.717, 1.165) is 40.5 Å². The summed E-state index contributed by atoms with van der Waals surface area (Å²) in [6, 6.07) is 12.3. The lowest BCUT2D eigenvalue weighted by atomic mass is 10.1. The van der Waals surface area contributed by atoms with Crippen molar-refractivity contribution in [3.05, 3.63) is 53.9 Å². The maximum Gasteiger partial charge on any atom is 0.191 e. The highest BCUT2D eigenvalue weighted by Gasteiger charge is 2.08. The van der Waals surface area contributed by atoms with E-state index < -0.39 is 0 Å². The third kappa shape index (κ3) is 4.55. The smallest absolute Gasteiger partial charge is 0.191 e. The average Bonchev–Trinajstić information content (AvgIpc) is 3.08. The summed E-state index contributed by atoms with van der Waals surface area (Å²) in [5, 5.41) is 12.0. The number of rotatable bonds is 6. The fraction of sp³-hybridized carbons (Fsp3) is 0.350. The summed E-state index contributed by atoms with van der Waals surface area (Å²) >= 11 is 0. The molecule has 3 rings (SSSR count). The zero-order valence-electron chi connectivity index (χ0n) is 16.4. The number of aromatic nitrogens is 3. The lowest BCUT2D eigenvalue weighted by molar-refractivity contribution is 0.685. The van der Waals surface area contributed by atoms with Gasteiger partial charge in [-0.1, -0.05) is 18.2 Å². The standard InChI is InChI=1S/C20H27N7/c1-5-21-20(23-14-16-10-11-24-27(16)4)22-13-15-12-19(26(2)3)25-18-9-7-6-8-17(15)18/h6-12H,5,13-14H2,1-4H3,(H2,21,22,23). The molecule has 0 radical (unpaired) electrons. The first-order chi connectivity index (χ1) is 13.1. The third-order valence-electron chi connectivity index (χ3n) is 4.36. The number of anilines is 1. The Morgan fingerprint density at radius 3 is 2.70 bits per heavy atom. The number of pyridine rings is 1. The number of nitrogens with one attached hydrogen (secondary N) is 2. The number of aliphatic imine (C=N–C) groups is 1. The molecule has 2 heterocycles. The topological polar surface area (TPSA) is 70.4 Å². The first kappa shape index (κ1) is 18.7. The zero-order valence-corrected chi connectivity index (χ0v) is 16.4. The van der Waals surface area contributed by atoms with Gasteiger partial charge in [0, 0.05) is 39.3 Å². The van der Waals surface area contributed by atoms with Crippen LogP contribution in [0, 0.1) is 0 Å². The first-order valence-electron chi connectivity index (χ1n) is 9.13. The molecule has 0 aliphatic carbocycles. The molecule has 2 aromatic heterocycles. The summed E-state index contributed by atoms with van der Waals surface area (Å²) in [4.78, 5) is 11.5. The molecule has 0 saturated heterocycles. The fourth-order valence-electron chi connectivity index (χ4n) is 2.85. The molecule has 0 aliphatic heterocycles. The minimum Gasteiger partial charge on any atom is -0.363 e. The van der Waals surface area contributed by atoms with Crippen molar-refractivity contribution in [3.8, 4) is 0 Å². The van der Waals surface area contributed by atoms with Crippen molar-refractivity contribution in [2.45, 2.75) is 20.0 Å². The van der Waals surface area contributed by atoms with Gasteiger partial charge in [0.05, 0.1) is 24.3 Å². The van der Waals surface area contributed by atoms with Crippen LogP contribution in [0.15, 0.2) is 47.6 Å². The van der Waals surface area contributed by atoms with Crippen molar-refractivity contribution in [1.82, 2.24) is 25.4 Å². The molecular weight excluding hydrogens is 338 g/mol. The van der Waals surface area contributed by atoms with E-state index in [1.54, 1.807) is 6.20 Å². The lowest BCUT2D eigenvalue weighted by Gasteiger charge is -2.15. The van der Waals surface area contributed by atoms with Crippen LogP contribution in [0.2, 0.25) is 0 Å². The van der Waals surface area contributed by atoms with Crippen molar-refractivity contribution in [2.24, 2.45) is 12.0 Å². The molecule has 0 fully saturated rings. The van der Waals surface area contributed by atoms with E-state index in [1.807, 2.05) is 55.0 Å². The largest absolute Gasteiger partial charge is 0.363 e. The zero-order chi connectivity index (χ0) is 19.2. The number of fused-ring (bicyclic) bond motifs is 1. The minimum atomic E-state index is 0.574. The molecule has 0 spiro atoms. The molecule has 27 heavy (non-hydrogen) atoms. The molecular formula is C20H27N7. The quantitative estimate of drug-likeness (QED) is 0.518. The van der Waals surface area contributed by atoms with E-state index in [-0.39, 0.29) is 0 Å². The summed E-state index contributed by atoms with van der Waals surface area (Å²) in [5.41, 5.74) is 3.24. The van der Waals surface area contributed by atoms with Crippen LogP contribution < -0.4 is 15.5 Å². The van der Waals surface area contributed by atoms with Crippen LogP contribution in [-0.4, -0.2) is 41.4 Å². The predicted octanol–water partition coefficient (Wildman–Crippen LogP) is 2.29. The first-order valence-corrected chi connectivity index (χ1v) is 9.13. The van der Waals surface area contributed by atoms with Crippen LogP contribution in [0.4, 0.5) is 5.82 Å². The van der Waals surface area contributed by atoms with Gasteiger partial charge in [-0.15, -0.1) is 0 Å². The van der Waals surface area contributed by atoms with E-state index in [4.69, 9.17) is 9.98 Å². The Morgan fingerprint density at radius 2 is 2.00 bits per heavy atom. The Hall–Kier alpha value is -3.09. The summed E-state index contributed by atoms with van der Waals surface area (Å²) in [7, 11) is 5.94. The summed E-state index contributed by atoms with van der Waals surface area (Å²) in [6.07, 6.45) is 1.80. The third-order valence-corrected chi connectivity index (χ3v) is 4.36.